The molecule has 0 atom stereocenters. The topological polar surface area (TPSA) is 46.5 Å². The van der Waals surface area contributed by atoms with Crippen LogP contribution in [0.2, 0.25) is 0 Å². The summed E-state index contributed by atoms with van der Waals surface area (Å²) in [6.45, 7) is 0. The summed E-state index contributed by atoms with van der Waals surface area (Å²) in [6, 6.07) is 0. The zero-order chi connectivity index (χ0) is 10.7. The fourth-order valence-electron chi connectivity index (χ4n) is 2.20. The predicted octanol–water partition coefficient (Wildman–Crippen LogP) is 2.63. The lowest BCUT2D eigenvalue weighted by Crippen LogP contribution is -2.38. The largest absolute Gasteiger partial charge is 0.478 e. The van der Waals surface area contributed by atoms with Crippen molar-refractivity contribution < 1.29 is 14.6 Å². The van der Waals surface area contributed by atoms with Crippen LogP contribution in [0.25, 0.3) is 0 Å². The quantitative estimate of drug-likeness (QED) is 0.775. The minimum Gasteiger partial charge on any atom is -0.478 e. The van der Waals surface area contributed by atoms with Crippen LogP contribution in [-0.2, 0) is 9.53 Å². The maximum Gasteiger partial charge on any atom is 0.348 e. The lowest BCUT2D eigenvalue weighted by molar-refractivity contribution is -0.159. The predicted molar refractivity (Wildman–Crippen MR) is 56.4 cm³/mol. The molecule has 0 unspecified atom stereocenters. The van der Waals surface area contributed by atoms with Crippen molar-refractivity contribution >= 4 is 5.97 Å². The number of allylic oxidation sites excluding steroid dienone is 3. The van der Waals surface area contributed by atoms with Crippen LogP contribution in [0, 0.1) is 0 Å². The van der Waals surface area contributed by atoms with Gasteiger partial charge in [-0.25, -0.2) is 4.79 Å². The van der Waals surface area contributed by atoms with E-state index in [0.29, 0.717) is 12.8 Å². The number of hydrogen-bond acceptors (Lipinski definition) is 2. The highest BCUT2D eigenvalue weighted by Crippen LogP contribution is 2.36. The lowest BCUT2D eigenvalue weighted by atomic mass is 10.0. The van der Waals surface area contributed by atoms with Crippen molar-refractivity contribution in [2.75, 3.05) is 0 Å². The van der Waals surface area contributed by atoms with E-state index in [1.165, 1.54) is 0 Å². The molecule has 0 saturated heterocycles. The van der Waals surface area contributed by atoms with E-state index in [1.807, 2.05) is 18.2 Å². The van der Waals surface area contributed by atoms with Crippen LogP contribution in [0.4, 0.5) is 0 Å². The van der Waals surface area contributed by atoms with Crippen molar-refractivity contribution in [3.05, 3.63) is 24.0 Å². The number of hydrogen-bond donors (Lipinski definition) is 1. The van der Waals surface area contributed by atoms with Gasteiger partial charge in [-0.1, -0.05) is 6.08 Å². The molecule has 0 aliphatic heterocycles. The molecule has 82 valence electrons. The van der Waals surface area contributed by atoms with Crippen molar-refractivity contribution in [3.63, 3.8) is 0 Å². The van der Waals surface area contributed by atoms with Crippen molar-refractivity contribution in [2.24, 2.45) is 0 Å². The third kappa shape index (κ3) is 2.06. The highest BCUT2D eigenvalue weighted by atomic mass is 16.5. The maximum absolute atomic E-state index is 11.2. The molecule has 0 radical (unpaired) electrons. The smallest absolute Gasteiger partial charge is 0.348 e. The Bertz CT molecular complexity index is 309. The van der Waals surface area contributed by atoms with E-state index in [0.717, 1.165) is 31.4 Å². The Kier molecular flexibility index (Phi) is 2.80. The molecule has 15 heavy (non-hydrogen) atoms. The van der Waals surface area contributed by atoms with Crippen LogP contribution in [0.15, 0.2) is 24.0 Å². The molecule has 3 nitrogen and oxygen atoms in total. The van der Waals surface area contributed by atoms with Crippen LogP contribution in [0.1, 0.15) is 38.5 Å². The Labute approximate surface area is 89.4 Å². The third-order valence-electron chi connectivity index (χ3n) is 3.08. The second-order valence-electron chi connectivity index (χ2n) is 4.19. The average molecular weight is 208 g/mol. The molecule has 1 saturated carbocycles. The second kappa shape index (κ2) is 4.09. The van der Waals surface area contributed by atoms with Crippen molar-refractivity contribution in [1.82, 2.24) is 0 Å². The van der Waals surface area contributed by atoms with Gasteiger partial charge >= 0.3 is 5.97 Å². The molecule has 2 aliphatic carbocycles. The number of carboxylic acid groups (broad SMARTS) is 1. The Morgan fingerprint density at radius 3 is 2.60 bits per heavy atom. The molecule has 0 aromatic carbocycles. The Hall–Kier alpha value is -1.25. The standard InChI is InChI=1S/C12H16O3/c13-11(14)12(8-4-5-9-12)15-10-6-2-1-3-7-10/h2,6-7H,1,3-5,8-9H2,(H,13,14). The molecule has 0 bridgehead atoms. The highest BCUT2D eigenvalue weighted by molar-refractivity contribution is 5.78. The number of carbonyl (C=O) groups is 1. The zero-order valence-electron chi connectivity index (χ0n) is 8.74. The fraction of sp³-hybridized carbons (Fsp3) is 0.583. The average Bonchev–Trinajstić information content (AvgIpc) is 2.69. The summed E-state index contributed by atoms with van der Waals surface area (Å²) in [5.74, 6) is -0.0922. The number of aliphatic carboxylic acids is 1. The molecule has 1 N–H and O–H groups in total. The Morgan fingerprint density at radius 1 is 1.33 bits per heavy atom. The molecule has 0 heterocycles. The summed E-state index contributed by atoms with van der Waals surface area (Å²) in [4.78, 5) is 11.2. The summed E-state index contributed by atoms with van der Waals surface area (Å²) < 4.78 is 5.68. The van der Waals surface area contributed by atoms with E-state index in [4.69, 9.17) is 4.74 Å². The van der Waals surface area contributed by atoms with Gasteiger partial charge in [0.05, 0.1) is 0 Å². The van der Waals surface area contributed by atoms with Gasteiger partial charge in [-0.3, -0.25) is 0 Å². The van der Waals surface area contributed by atoms with E-state index < -0.39 is 11.6 Å². The lowest BCUT2D eigenvalue weighted by Gasteiger charge is -2.26. The summed E-state index contributed by atoms with van der Waals surface area (Å²) in [6.07, 6.45) is 11.0. The molecular formula is C12H16O3. The molecule has 0 spiro atoms. The highest BCUT2D eigenvalue weighted by Gasteiger charge is 2.44. The summed E-state index contributed by atoms with van der Waals surface area (Å²) in [7, 11) is 0. The van der Waals surface area contributed by atoms with E-state index in [9.17, 15) is 9.90 Å². The maximum atomic E-state index is 11.2. The monoisotopic (exact) mass is 208 g/mol. The first-order valence-corrected chi connectivity index (χ1v) is 5.52. The first-order chi connectivity index (χ1) is 7.23. The van der Waals surface area contributed by atoms with Gasteiger partial charge in [0, 0.05) is 0 Å². The van der Waals surface area contributed by atoms with Crippen LogP contribution in [0.5, 0.6) is 0 Å². The first kappa shape index (κ1) is 10.3. The molecule has 1 fully saturated rings. The van der Waals surface area contributed by atoms with Crippen molar-refractivity contribution in [1.29, 1.82) is 0 Å². The summed E-state index contributed by atoms with van der Waals surface area (Å²) >= 11 is 0. The van der Waals surface area contributed by atoms with E-state index in [1.54, 1.807) is 0 Å². The molecule has 2 rings (SSSR count). The van der Waals surface area contributed by atoms with E-state index >= 15 is 0 Å². The number of carboxylic acids is 1. The minimum atomic E-state index is -0.951. The Balaban J connectivity index is 2.10. The van der Waals surface area contributed by atoms with Crippen LogP contribution < -0.4 is 0 Å². The minimum absolute atomic E-state index is 0.632. The number of ether oxygens (including phenoxy) is 1. The summed E-state index contributed by atoms with van der Waals surface area (Å²) in [5, 5.41) is 9.22. The zero-order valence-corrected chi connectivity index (χ0v) is 8.74. The van der Waals surface area contributed by atoms with E-state index in [2.05, 4.69) is 0 Å². The van der Waals surface area contributed by atoms with E-state index in [-0.39, 0.29) is 0 Å². The van der Waals surface area contributed by atoms with Gasteiger partial charge in [0.15, 0.2) is 0 Å². The van der Waals surface area contributed by atoms with Crippen LogP contribution >= 0.6 is 0 Å². The molecule has 0 aromatic rings. The number of rotatable bonds is 3. The Morgan fingerprint density at radius 2 is 2.07 bits per heavy atom. The van der Waals surface area contributed by atoms with Gasteiger partial charge in [-0.2, -0.15) is 0 Å². The van der Waals surface area contributed by atoms with Crippen molar-refractivity contribution in [2.45, 2.75) is 44.1 Å². The second-order valence-corrected chi connectivity index (χ2v) is 4.19. The first-order valence-electron chi connectivity index (χ1n) is 5.52. The molecule has 2 aliphatic rings. The van der Waals surface area contributed by atoms with Gasteiger partial charge in [0.1, 0.15) is 5.76 Å². The third-order valence-corrected chi connectivity index (χ3v) is 3.08. The van der Waals surface area contributed by atoms with Gasteiger partial charge in [0.25, 0.3) is 0 Å². The van der Waals surface area contributed by atoms with Crippen LogP contribution in [0.3, 0.4) is 0 Å². The SMILES string of the molecule is O=C(O)C1(OC2=CCCC=C2)CCCC1. The molecular weight excluding hydrogens is 192 g/mol. The van der Waals surface area contributed by atoms with Gasteiger partial charge < -0.3 is 9.84 Å². The molecule has 0 aromatic heterocycles. The van der Waals surface area contributed by atoms with Crippen LogP contribution in [-0.4, -0.2) is 16.7 Å². The van der Waals surface area contributed by atoms with Gasteiger partial charge in [-0.05, 0) is 50.7 Å². The normalized spacial score (nSPS) is 23.6. The summed E-state index contributed by atoms with van der Waals surface area (Å²) in [5.41, 5.74) is -0.951. The van der Waals surface area contributed by atoms with Crippen molar-refractivity contribution in [3.8, 4) is 0 Å². The molecule has 3 heteroatoms. The fourth-order valence-corrected chi connectivity index (χ4v) is 2.20. The van der Waals surface area contributed by atoms with Gasteiger partial charge in [0.2, 0.25) is 5.60 Å². The van der Waals surface area contributed by atoms with Gasteiger partial charge in [-0.15, -0.1) is 0 Å². The molecule has 0 amide bonds.